The van der Waals surface area contributed by atoms with Crippen molar-refractivity contribution in [2.24, 2.45) is 0 Å². The summed E-state index contributed by atoms with van der Waals surface area (Å²) in [4.78, 5) is 23.5. The minimum atomic E-state index is 0.303. The maximum Gasteiger partial charge on any atom is 0.236 e. The minimum Gasteiger partial charge on any atom is -0.489 e. The second-order valence-corrected chi connectivity index (χ2v) is 8.25. The Morgan fingerprint density at radius 1 is 0.900 bits per heavy atom. The second kappa shape index (κ2) is 10.5. The van der Waals surface area contributed by atoms with Crippen molar-refractivity contribution in [2.45, 2.75) is 32.4 Å². The van der Waals surface area contributed by atoms with Crippen LogP contribution in [0.5, 0.6) is 5.75 Å². The summed E-state index contributed by atoms with van der Waals surface area (Å²) in [6, 6.07) is 12.2. The van der Waals surface area contributed by atoms with Crippen LogP contribution in [0.15, 0.2) is 48.8 Å². The molecule has 1 aromatic heterocycles. The van der Waals surface area contributed by atoms with Gasteiger partial charge in [0.2, 0.25) is 5.91 Å². The molecule has 4 rings (SSSR count). The number of amides is 1. The summed E-state index contributed by atoms with van der Waals surface area (Å²) in [6.45, 7) is 7.68. The van der Waals surface area contributed by atoms with Crippen molar-refractivity contribution in [2.75, 3.05) is 45.8 Å². The Hall–Kier alpha value is -2.44. The maximum absolute atomic E-state index is 12.5. The van der Waals surface area contributed by atoms with Gasteiger partial charge in [0.25, 0.3) is 0 Å². The predicted molar refractivity (Wildman–Crippen MR) is 117 cm³/mol. The molecule has 0 radical (unpaired) electrons. The average molecular weight is 409 g/mol. The molecule has 0 atom stereocenters. The van der Waals surface area contributed by atoms with E-state index in [1.165, 1.54) is 12.0 Å². The van der Waals surface area contributed by atoms with Gasteiger partial charge in [-0.1, -0.05) is 24.3 Å². The lowest BCUT2D eigenvalue weighted by atomic mass is 10.1. The molecule has 3 heterocycles. The highest BCUT2D eigenvalue weighted by Crippen LogP contribution is 2.22. The lowest BCUT2D eigenvalue weighted by molar-refractivity contribution is -0.133. The third-order valence-electron chi connectivity index (χ3n) is 6.02. The number of benzene rings is 1. The molecule has 2 aromatic rings. The molecule has 160 valence electrons. The van der Waals surface area contributed by atoms with E-state index in [1.807, 2.05) is 35.4 Å². The van der Waals surface area contributed by atoms with E-state index in [9.17, 15) is 4.79 Å². The van der Waals surface area contributed by atoms with Gasteiger partial charge in [-0.15, -0.1) is 0 Å². The number of carbonyl (C=O) groups is 1. The molecule has 0 unspecified atom stereocenters. The van der Waals surface area contributed by atoms with Gasteiger partial charge in [0.1, 0.15) is 12.4 Å². The summed E-state index contributed by atoms with van der Waals surface area (Å²) < 4.78 is 6.08. The van der Waals surface area contributed by atoms with Gasteiger partial charge < -0.3 is 9.64 Å². The number of piperazine rings is 1. The van der Waals surface area contributed by atoms with Crippen LogP contribution < -0.4 is 4.74 Å². The van der Waals surface area contributed by atoms with Crippen LogP contribution in [-0.4, -0.2) is 71.4 Å². The van der Waals surface area contributed by atoms with Crippen molar-refractivity contribution >= 4 is 5.91 Å². The number of pyridine rings is 1. The van der Waals surface area contributed by atoms with E-state index in [0.29, 0.717) is 19.1 Å². The van der Waals surface area contributed by atoms with E-state index >= 15 is 0 Å². The molecule has 2 aliphatic heterocycles. The fourth-order valence-corrected chi connectivity index (χ4v) is 4.20. The number of ether oxygens (including phenoxy) is 1. The summed E-state index contributed by atoms with van der Waals surface area (Å²) in [7, 11) is 0. The van der Waals surface area contributed by atoms with Crippen LogP contribution in [-0.2, 0) is 17.9 Å². The third kappa shape index (κ3) is 5.80. The Labute approximate surface area is 179 Å². The van der Waals surface area contributed by atoms with Crippen LogP contribution in [0.25, 0.3) is 0 Å². The summed E-state index contributed by atoms with van der Waals surface area (Å²) in [6.07, 6.45) is 7.18. The molecule has 2 saturated heterocycles. The molecule has 0 N–H and O–H groups in total. The van der Waals surface area contributed by atoms with Gasteiger partial charge in [0.15, 0.2) is 0 Å². The van der Waals surface area contributed by atoms with Gasteiger partial charge in [-0.25, -0.2) is 0 Å². The van der Waals surface area contributed by atoms with E-state index in [1.54, 1.807) is 6.20 Å². The third-order valence-corrected chi connectivity index (χ3v) is 6.02. The normalized spacial score (nSPS) is 18.3. The van der Waals surface area contributed by atoms with E-state index in [2.05, 4.69) is 26.9 Å². The summed E-state index contributed by atoms with van der Waals surface area (Å²) in [5.41, 5.74) is 2.28. The van der Waals surface area contributed by atoms with Crippen LogP contribution in [0.4, 0.5) is 0 Å². The van der Waals surface area contributed by atoms with Crippen LogP contribution >= 0.6 is 0 Å². The van der Waals surface area contributed by atoms with E-state index in [0.717, 1.165) is 70.0 Å². The zero-order valence-corrected chi connectivity index (χ0v) is 17.7. The summed E-state index contributed by atoms with van der Waals surface area (Å²) in [5, 5.41) is 0. The number of aromatic nitrogens is 1. The Kier molecular flexibility index (Phi) is 7.32. The van der Waals surface area contributed by atoms with Gasteiger partial charge in [0, 0.05) is 69.3 Å². The number of hydrogen-bond donors (Lipinski definition) is 0. The molecule has 0 aliphatic carbocycles. The van der Waals surface area contributed by atoms with Gasteiger partial charge in [-0.2, -0.15) is 0 Å². The maximum atomic E-state index is 12.5. The first-order valence-electron chi connectivity index (χ1n) is 11.1. The van der Waals surface area contributed by atoms with Gasteiger partial charge in [0.05, 0.1) is 6.54 Å². The first kappa shape index (κ1) is 20.8. The highest BCUT2D eigenvalue weighted by molar-refractivity contribution is 5.78. The zero-order valence-electron chi connectivity index (χ0n) is 17.7. The van der Waals surface area contributed by atoms with E-state index in [-0.39, 0.29) is 0 Å². The minimum absolute atomic E-state index is 0.303. The molecule has 0 spiro atoms. The van der Waals surface area contributed by atoms with Crippen molar-refractivity contribution in [3.63, 3.8) is 0 Å². The van der Waals surface area contributed by atoms with Gasteiger partial charge in [-0.05, 0) is 31.4 Å². The van der Waals surface area contributed by atoms with Gasteiger partial charge in [-0.3, -0.25) is 19.6 Å². The van der Waals surface area contributed by atoms with Crippen LogP contribution in [0.3, 0.4) is 0 Å². The fraction of sp³-hybridized carbons (Fsp3) is 0.500. The Balaban J connectivity index is 1.25. The second-order valence-electron chi connectivity index (χ2n) is 8.25. The topological polar surface area (TPSA) is 48.9 Å². The standard InChI is InChI=1S/C24H32N4O2/c29-24(28-11-4-1-5-12-28)19-27-15-13-26(14-16-27)18-22-8-2-3-9-23(22)30-20-21-7-6-10-25-17-21/h2-3,6-10,17H,1,4-5,11-16,18-20H2. The molecule has 6 nitrogen and oxygen atoms in total. The van der Waals surface area contributed by atoms with Crippen molar-refractivity contribution in [1.82, 2.24) is 19.7 Å². The molecule has 0 bridgehead atoms. The van der Waals surface area contributed by atoms with Gasteiger partial charge >= 0.3 is 0 Å². The molecule has 0 saturated carbocycles. The molecule has 30 heavy (non-hydrogen) atoms. The first-order chi connectivity index (χ1) is 14.8. The van der Waals surface area contributed by atoms with Crippen molar-refractivity contribution in [3.05, 3.63) is 59.9 Å². The highest BCUT2D eigenvalue weighted by Gasteiger charge is 2.23. The smallest absolute Gasteiger partial charge is 0.236 e. The number of piperidine rings is 1. The number of likely N-dealkylation sites (tertiary alicyclic amines) is 1. The molecule has 1 amide bonds. The quantitative estimate of drug-likeness (QED) is 0.705. The number of para-hydroxylation sites is 1. The van der Waals surface area contributed by atoms with E-state index < -0.39 is 0 Å². The lowest BCUT2D eigenvalue weighted by Gasteiger charge is -2.36. The molecule has 2 aliphatic rings. The lowest BCUT2D eigenvalue weighted by Crippen LogP contribution is -2.50. The highest BCUT2D eigenvalue weighted by atomic mass is 16.5. The number of carbonyl (C=O) groups excluding carboxylic acids is 1. The Morgan fingerprint density at radius 2 is 1.67 bits per heavy atom. The molecule has 1 aromatic carbocycles. The number of rotatable bonds is 7. The van der Waals surface area contributed by atoms with Crippen LogP contribution in [0.1, 0.15) is 30.4 Å². The van der Waals surface area contributed by atoms with Crippen LogP contribution in [0, 0.1) is 0 Å². The zero-order chi connectivity index (χ0) is 20.6. The van der Waals surface area contributed by atoms with Crippen molar-refractivity contribution in [1.29, 1.82) is 0 Å². The first-order valence-corrected chi connectivity index (χ1v) is 11.1. The van der Waals surface area contributed by atoms with E-state index in [4.69, 9.17) is 4.74 Å². The number of nitrogens with zero attached hydrogens (tertiary/aromatic N) is 4. The monoisotopic (exact) mass is 408 g/mol. The fourth-order valence-electron chi connectivity index (χ4n) is 4.20. The average Bonchev–Trinajstić information content (AvgIpc) is 2.81. The largest absolute Gasteiger partial charge is 0.489 e. The SMILES string of the molecule is O=C(CN1CCN(Cc2ccccc2OCc2cccnc2)CC1)N1CCCCC1. The number of hydrogen-bond acceptors (Lipinski definition) is 5. The molecule has 2 fully saturated rings. The summed E-state index contributed by atoms with van der Waals surface area (Å²) in [5.74, 6) is 1.24. The van der Waals surface area contributed by atoms with Crippen molar-refractivity contribution < 1.29 is 9.53 Å². The molecule has 6 heteroatoms. The summed E-state index contributed by atoms with van der Waals surface area (Å²) >= 11 is 0. The Bertz CT molecular complexity index is 800. The predicted octanol–water partition coefficient (Wildman–Crippen LogP) is 2.79. The van der Waals surface area contributed by atoms with Crippen LogP contribution in [0.2, 0.25) is 0 Å². The van der Waals surface area contributed by atoms with Crippen molar-refractivity contribution in [3.8, 4) is 5.75 Å². The molecular formula is C24H32N4O2. The Morgan fingerprint density at radius 3 is 2.43 bits per heavy atom. The molecular weight excluding hydrogens is 376 g/mol.